The fourth-order valence-electron chi connectivity index (χ4n) is 1.56. The highest BCUT2D eigenvalue weighted by molar-refractivity contribution is 6.07. The Hall–Kier alpha value is -2.43. The minimum Gasteiger partial charge on any atom is -0.396 e. The summed E-state index contributed by atoms with van der Waals surface area (Å²) >= 11 is 0. The van der Waals surface area contributed by atoms with Gasteiger partial charge in [0, 0.05) is 6.20 Å². The lowest BCUT2D eigenvalue weighted by molar-refractivity contribution is 0.102. The van der Waals surface area contributed by atoms with Gasteiger partial charge in [-0.3, -0.25) is 9.78 Å². The minimum atomic E-state index is -0.606. The third kappa shape index (κ3) is 2.45. The predicted molar refractivity (Wildman–Crippen MR) is 67.7 cm³/mol. The number of aromatic nitrogens is 1. The molecule has 0 saturated carbocycles. The molecule has 0 aliphatic rings. The monoisotopic (exact) mass is 245 g/mol. The van der Waals surface area contributed by atoms with E-state index < -0.39 is 11.7 Å². The highest BCUT2D eigenvalue weighted by Gasteiger charge is 2.12. The molecular formula is C13H12FN3O. The van der Waals surface area contributed by atoms with Crippen molar-refractivity contribution in [2.75, 3.05) is 11.1 Å². The fraction of sp³-hybridized carbons (Fsp3) is 0.0769. The van der Waals surface area contributed by atoms with Crippen LogP contribution in [0.4, 0.5) is 15.8 Å². The number of amides is 1. The van der Waals surface area contributed by atoms with Gasteiger partial charge in [0.25, 0.3) is 5.91 Å². The second-order valence-corrected chi connectivity index (χ2v) is 3.91. The molecule has 0 bridgehead atoms. The maximum atomic E-state index is 13.2. The van der Waals surface area contributed by atoms with E-state index in [9.17, 15) is 9.18 Å². The molecule has 2 aromatic rings. The fourth-order valence-corrected chi connectivity index (χ4v) is 1.56. The molecule has 0 radical (unpaired) electrons. The van der Waals surface area contributed by atoms with Crippen LogP contribution in [0.2, 0.25) is 0 Å². The number of hydrogen-bond acceptors (Lipinski definition) is 3. The van der Waals surface area contributed by atoms with Crippen molar-refractivity contribution in [1.29, 1.82) is 0 Å². The number of nitrogen functional groups attached to an aromatic ring is 1. The lowest BCUT2D eigenvalue weighted by Gasteiger charge is -2.08. The standard InChI is InChI=1S/C13H12FN3O/c1-8-5-9(7-16-6-8)17-13(18)10-3-2-4-11(14)12(10)15/h2-7H,15H2,1H3,(H,17,18). The molecule has 1 aromatic carbocycles. The van der Waals surface area contributed by atoms with Crippen LogP contribution in [0, 0.1) is 12.7 Å². The molecule has 0 aliphatic heterocycles. The Balaban J connectivity index is 2.25. The number of anilines is 2. The Labute approximate surface area is 104 Å². The van der Waals surface area contributed by atoms with E-state index in [4.69, 9.17) is 5.73 Å². The van der Waals surface area contributed by atoms with Gasteiger partial charge in [-0.25, -0.2) is 4.39 Å². The number of nitrogens with one attached hydrogen (secondary N) is 1. The molecule has 0 spiro atoms. The first kappa shape index (κ1) is 12.0. The third-order valence-corrected chi connectivity index (χ3v) is 2.43. The number of carbonyl (C=O) groups excluding carboxylic acids is 1. The van der Waals surface area contributed by atoms with Crippen LogP contribution < -0.4 is 11.1 Å². The van der Waals surface area contributed by atoms with Crippen LogP contribution in [0.25, 0.3) is 0 Å². The summed E-state index contributed by atoms with van der Waals surface area (Å²) in [5, 5.41) is 2.62. The van der Waals surface area contributed by atoms with Gasteiger partial charge in [-0.15, -0.1) is 0 Å². The van der Waals surface area contributed by atoms with E-state index in [1.54, 1.807) is 12.3 Å². The van der Waals surface area contributed by atoms with Gasteiger partial charge in [-0.05, 0) is 30.7 Å². The molecule has 0 aliphatic carbocycles. The van der Waals surface area contributed by atoms with Crippen molar-refractivity contribution >= 4 is 17.3 Å². The topological polar surface area (TPSA) is 68.0 Å². The smallest absolute Gasteiger partial charge is 0.257 e. The minimum absolute atomic E-state index is 0.108. The quantitative estimate of drug-likeness (QED) is 0.798. The lowest BCUT2D eigenvalue weighted by atomic mass is 10.1. The highest BCUT2D eigenvalue weighted by atomic mass is 19.1. The molecule has 4 nitrogen and oxygen atoms in total. The average Bonchev–Trinajstić information content (AvgIpc) is 2.32. The zero-order valence-electron chi connectivity index (χ0n) is 9.77. The van der Waals surface area contributed by atoms with Gasteiger partial charge < -0.3 is 11.1 Å². The number of nitrogens with zero attached hydrogens (tertiary/aromatic N) is 1. The summed E-state index contributed by atoms with van der Waals surface area (Å²) in [6, 6.07) is 5.88. The maximum Gasteiger partial charge on any atom is 0.257 e. The van der Waals surface area contributed by atoms with Gasteiger partial charge in [-0.2, -0.15) is 0 Å². The molecule has 1 aromatic heterocycles. The van der Waals surface area contributed by atoms with Crippen LogP contribution in [-0.2, 0) is 0 Å². The second kappa shape index (κ2) is 4.83. The number of carbonyl (C=O) groups is 1. The highest BCUT2D eigenvalue weighted by Crippen LogP contribution is 2.17. The summed E-state index contributed by atoms with van der Waals surface area (Å²) in [5.41, 5.74) is 6.93. The number of rotatable bonds is 2. The molecular weight excluding hydrogens is 233 g/mol. The molecule has 2 rings (SSSR count). The first-order chi connectivity index (χ1) is 8.58. The van der Waals surface area contributed by atoms with Crippen LogP contribution in [0.1, 0.15) is 15.9 Å². The summed E-state index contributed by atoms with van der Waals surface area (Å²) in [7, 11) is 0. The Morgan fingerprint density at radius 2 is 2.17 bits per heavy atom. The molecule has 1 amide bonds. The van der Waals surface area contributed by atoms with Crippen molar-refractivity contribution in [2.24, 2.45) is 0 Å². The summed E-state index contributed by atoms with van der Waals surface area (Å²) in [4.78, 5) is 15.9. The number of benzene rings is 1. The first-order valence-electron chi connectivity index (χ1n) is 5.35. The van der Waals surface area contributed by atoms with Crippen molar-refractivity contribution in [2.45, 2.75) is 6.92 Å². The third-order valence-electron chi connectivity index (χ3n) is 2.43. The molecule has 3 N–H and O–H groups in total. The lowest BCUT2D eigenvalue weighted by Crippen LogP contribution is -2.15. The zero-order chi connectivity index (χ0) is 13.1. The molecule has 0 unspecified atom stereocenters. The van der Waals surface area contributed by atoms with Crippen molar-refractivity contribution in [1.82, 2.24) is 4.98 Å². The Bertz CT molecular complexity index is 599. The Morgan fingerprint density at radius 3 is 2.89 bits per heavy atom. The van der Waals surface area contributed by atoms with E-state index in [-0.39, 0.29) is 11.3 Å². The SMILES string of the molecule is Cc1cncc(NC(=O)c2cccc(F)c2N)c1. The van der Waals surface area contributed by atoms with E-state index in [0.717, 1.165) is 5.56 Å². The van der Waals surface area contributed by atoms with Gasteiger partial charge in [0.2, 0.25) is 0 Å². The van der Waals surface area contributed by atoms with Gasteiger partial charge in [-0.1, -0.05) is 6.07 Å². The van der Waals surface area contributed by atoms with E-state index in [1.807, 2.05) is 6.92 Å². The van der Waals surface area contributed by atoms with Crippen LogP contribution >= 0.6 is 0 Å². The Kier molecular flexibility index (Phi) is 3.23. The first-order valence-corrected chi connectivity index (χ1v) is 5.35. The van der Waals surface area contributed by atoms with E-state index in [2.05, 4.69) is 10.3 Å². The summed E-state index contributed by atoms with van der Waals surface area (Å²) < 4.78 is 13.2. The average molecular weight is 245 g/mol. The number of para-hydroxylation sites is 1. The Morgan fingerprint density at radius 1 is 1.39 bits per heavy atom. The molecule has 0 saturated heterocycles. The van der Waals surface area contributed by atoms with Crippen LogP contribution in [0.15, 0.2) is 36.7 Å². The van der Waals surface area contributed by atoms with Crippen molar-refractivity contribution in [3.05, 3.63) is 53.6 Å². The number of halogens is 1. The largest absolute Gasteiger partial charge is 0.396 e. The number of nitrogens with two attached hydrogens (primary N) is 1. The number of hydrogen-bond donors (Lipinski definition) is 2. The maximum absolute atomic E-state index is 13.2. The summed E-state index contributed by atoms with van der Waals surface area (Å²) in [6.45, 7) is 1.86. The second-order valence-electron chi connectivity index (χ2n) is 3.91. The van der Waals surface area contributed by atoms with Gasteiger partial charge in [0.1, 0.15) is 5.82 Å². The van der Waals surface area contributed by atoms with Gasteiger partial charge in [0.05, 0.1) is 23.1 Å². The molecule has 0 atom stereocenters. The normalized spacial score (nSPS) is 10.1. The molecule has 1 heterocycles. The van der Waals surface area contributed by atoms with E-state index >= 15 is 0 Å². The summed E-state index contributed by atoms with van der Waals surface area (Å²) in [5.74, 6) is -1.07. The molecule has 0 fully saturated rings. The zero-order valence-corrected chi connectivity index (χ0v) is 9.77. The van der Waals surface area contributed by atoms with E-state index in [1.165, 1.54) is 24.4 Å². The number of pyridine rings is 1. The summed E-state index contributed by atoms with van der Waals surface area (Å²) in [6.07, 6.45) is 3.19. The van der Waals surface area contributed by atoms with Crippen molar-refractivity contribution in [3.8, 4) is 0 Å². The molecule has 92 valence electrons. The molecule has 18 heavy (non-hydrogen) atoms. The van der Waals surface area contributed by atoms with E-state index in [0.29, 0.717) is 5.69 Å². The van der Waals surface area contributed by atoms with Crippen LogP contribution in [-0.4, -0.2) is 10.9 Å². The van der Waals surface area contributed by atoms with Crippen molar-refractivity contribution in [3.63, 3.8) is 0 Å². The van der Waals surface area contributed by atoms with Crippen LogP contribution in [0.3, 0.4) is 0 Å². The predicted octanol–water partition coefficient (Wildman–Crippen LogP) is 2.36. The van der Waals surface area contributed by atoms with Gasteiger partial charge in [0.15, 0.2) is 0 Å². The van der Waals surface area contributed by atoms with Crippen LogP contribution in [0.5, 0.6) is 0 Å². The number of aryl methyl sites for hydroxylation is 1. The van der Waals surface area contributed by atoms with Gasteiger partial charge >= 0.3 is 0 Å². The molecule has 5 heteroatoms. The van der Waals surface area contributed by atoms with Crippen molar-refractivity contribution < 1.29 is 9.18 Å².